The minimum Gasteiger partial charge on any atom is -0.465 e. The maximum absolute atomic E-state index is 5.60. The minimum atomic E-state index is 0.152. The van der Waals surface area contributed by atoms with E-state index in [0.29, 0.717) is 12.6 Å². The zero-order chi connectivity index (χ0) is 11.3. The van der Waals surface area contributed by atoms with Gasteiger partial charge in [0.15, 0.2) is 0 Å². The van der Waals surface area contributed by atoms with E-state index < -0.39 is 0 Å². The van der Waals surface area contributed by atoms with E-state index in [0.717, 1.165) is 17.9 Å². The summed E-state index contributed by atoms with van der Waals surface area (Å²) in [4.78, 5) is 0. The van der Waals surface area contributed by atoms with Gasteiger partial charge in [-0.15, -0.1) is 0 Å². The molecule has 1 N–H and O–H groups in total. The van der Waals surface area contributed by atoms with Gasteiger partial charge < -0.3 is 14.5 Å². The summed E-state index contributed by atoms with van der Waals surface area (Å²) in [5.41, 5.74) is 0. The van der Waals surface area contributed by atoms with E-state index >= 15 is 0 Å². The van der Waals surface area contributed by atoms with E-state index in [2.05, 4.69) is 19.2 Å². The second kappa shape index (κ2) is 5.93. The van der Waals surface area contributed by atoms with E-state index in [1.807, 2.05) is 19.1 Å². The van der Waals surface area contributed by atoms with Crippen molar-refractivity contribution in [3.8, 4) is 0 Å². The highest BCUT2D eigenvalue weighted by molar-refractivity contribution is 5.10. The Kier molecular flexibility index (Phi) is 4.85. The lowest BCUT2D eigenvalue weighted by molar-refractivity contribution is 0.151. The van der Waals surface area contributed by atoms with Crippen molar-refractivity contribution in [3.63, 3.8) is 0 Å². The number of hydrogen-bond acceptors (Lipinski definition) is 3. The van der Waals surface area contributed by atoms with E-state index in [1.54, 1.807) is 7.11 Å². The normalized spacial score (nSPS) is 15.2. The number of aryl methyl sites for hydroxylation is 1. The maximum atomic E-state index is 5.60. The second-order valence-electron chi connectivity index (χ2n) is 3.93. The molecule has 0 saturated carbocycles. The van der Waals surface area contributed by atoms with Crippen molar-refractivity contribution in [1.29, 1.82) is 0 Å². The molecule has 0 saturated heterocycles. The summed E-state index contributed by atoms with van der Waals surface area (Å²) < 4.78 is 10.8. The van der Waals surface area contributed by atoms with Gasteiger partial charge >= 0.3 is 0 Å². The lowest BCUT2D eigenvalue weighted by atomic mass is 10.2. The smallest absolute Gasteiger partial charge is 0.123 e. The van der Waals surface area contributed by atoms with Crippen LogP contribution in [-0.4, -0.2) is 19.8 Å². The molecule has 2 atom stereocenters. The van der Waals surface area contributed by atoms with Gasteiger partial charge in [-0.1, -0.05) is 6.92 Å². The first-order valence-corrected chi connectivity index (χ1v) is 5.48. The van der Waals surface area contributed by atoms with Crippen LogP contribution in [0.15, 0.2) is 16.5 Å². The van der Waals surface area contributed by atoms with Gasteiger partial charge in [0.2, 0.25) is 0 Å². The molecule has 0 fully saturated rings. The molecule has 1 aromatic rings. The topological polar surface area (TPSA) is 34.4 Å². The van der Waals surface area contributed by atoms with Gasteiger partial charge in [0.25, 0.3) is 0 Å². The molecule has 0 amide bonds. The average Bonchev–Trinajstić information content (AvgIpc) is 2.64. The predicted molar refractivity (Wildman–Crippen MR) is 61.0 cm³/mol. The molecule has 15 heavy (non-hydrogen) atoms. The van der Waals surface area contributed by atoms with Gasteiger partial charge in [-0.3, -0.25) is 0 Å². The first-order chi connectivity index (χ1) is 7.17. The van der Waals surface area contributed by atoms with Crippen LogP contribution in [0.4, 0.5) is 0 Å². The van der Waals surface area contributed by atoms with Crippen molar-refractivity contribution in [2.24, 2.45) is 0 Å². The maximum Gasteiger partial charge on any atom is 0.123 e. The lowest BCUT2D eigenvalue weighted by Crippen LogP contribution is -2.32. The number of ether oxygens (including phenoxy) is 1. The van der Waals surface area contributed by atoms with Crippen molar-refractivity contribution in [2.75, 3.05) is 13.7 Å². The molecular formula is C12H21NO2. The van der Waals surface area contributed by atoms with E-state index in [-0.39, 0.29) is 6.04 Å². The first-order valence-electron chi connectivity index (χ1n) is 5.48. The molecule has 0 radical (unpaired) electrons. The van der Waals surface area contributed by atoms with Crippen LogP contribution < -0.4 is 5.32 Å². The van der Waals surface area contributed by atoms with Crippen molar-refractivity contribution in [2.45, 2.75) is 39.3 Å². The van der Waals surface area contributed by atoms with E-state index in [1.165, 1.54) is 0 Å². The zero-order valence-electron chi connectivity index (χ0n) is 10.0. The van der Waals surface area contributed by atoms with Gasteiger partial charge in [-0.2, -0.15) is 0 Å². The minimum absolute atomic E-state index is 0.152. The Morgan fingerprint density at radius 1 is 1.47 bits per heavy atom. The highest BCUT2D eigenvalue weighted by Crippen LogP contribution is 2.17. The van der Waals surface area contributed by atoms with Gasteiger partial charge in [-0.05, 0) is 32.4 Å². The highest BCUT2D eigenvalue weighted by atomic mass is 16.5. The molecular weight excluding hydrogens is 190 g/mol. The molecule has 0 spiro atoms. The van der Waals surface area contributed by atoms with Gasteiger partial charge in [0.05, 0.1) is 12.6 Å². The fourth-order valence-corrected chi connectivity index (χ4v) is 1.48. The third-order valence-corrected chi connectivity index (χ3v) is 2.54. The molecule has 1 rings (SSSR count). The molecule has 1 aromatic heterocycles. The van der Waals surface area contributed by atoms with Crippen molar-refractivity contribution in [3.05, 3.63) is 23.7 Å². The first kappa shape index (κ1) is 12.3. The summed E-state index contributed by atoms with van der Waals surface area (Å²) in [5, 5.41) is 3.48. The SMILES string of the molecule is CCC(C)NC(COC)c1ccc(C)o1. The largest absolute Gasteiger partial charge is 0.465 e. The number of methoxy groups -OCH3 is 1. The summed E-state index contributed by atoms with van der Waals surface area (Å²) in [6.07, 6.45) is 1.10. The van der Waals surface area contributed by atoms with Crippen molar-refractivity contribution in [1.82, 2.24) is 5.32 Å². The standard InChI is InChI=1S/C12H21NO2/c1-5-9(2)13-11(8-14-4)12-7-6-10(3)15-12/h6-7,9,11,13H,5,8H2,1-4H3. The fraction of sp³-hybridized carbons (Fsp3) is 0.667. The molecule has 0 aliphatic carbocycles. The molecule has 3 heteroatoms. The summed E-state index contributed by atoms with van der Waals surface area (Å²) in [5.74, 6) is 1.90. The monoisotopic (exact) mass is 211 g/mol. The summed E-state index contributed by atoms with van der Waals surface area (Å²) >= 11 is 0. The molecule has 0 bridgehead atoms. The van der Waals surface area contributed by atoms with E-state index in [9.17, 15) is 0 Å². The van der Waals surface area contributed by atoms with Crippen LogP contribution in [0.2, 0.25) is 0 Å². The van der Waals surface area contributed by atoms with E-state index in [4.69, 9.17) is 9.15 Å². The summed E-state index contributed by atoms with van der Waals surface area (Å²) in [7, 11) is 1.71. The molecule has 0 aromatic carbocycles. The van der Waals surface area contributed by atoms with Gasteiger partial charge in [0.1, 0.15) is 11.5 Å². The van der Waals surface area contributed by atoms with Crippen LogP contribution in [0.3, 0.4) is 0 Å². The Bertz CT molecular complexity index is 283. The molecule has 2 unspecified atom stereocenters. The zero-order valence-corrected chi connectivity index (χ0v) is 10.0. The Balaban J connectivity index is 2.65. The Morgan fingerprint density at radius 2 is 2.20 bits per heavy atom. The molecule has 3 nitrogen and oxygen atoms in total. The Hall–Kier alpha value is -0.800. The van der Waals surface area contributed by atoms with Gasteiger partial charge in [0, 0.05) is 13.2 Å². The van der Waals surface area contributed by atoms with Crippen LogP contribution in [0, 0.1) is 6.92 Å². The van der Waals surface area contributed by atoms with Crippen molar-refractivity contribution < 1.29 is 9.15 Å². The number of hydrogen-bond donors (Lipinski definition) is 1. The van der Waals surface area contributed by atoms with Crippen LogP contribution in [0.5, 0.6) is 0 Å². The third kappa shape index (κ3) is 3.68. The average molecular weight is 211 g/mol. The molecule has 1 heterocycles. The van der Waals surface area contributed by atoms with Crippen LogP contribution in [-0.2, 0) is 4.74 Å². The van der Waals surface area contributed by atoms with Crippen LogP contribution in [0.1, 0.15) is 37.8 Å². The third-order valence-electron chi connectivity index (χ3n) is 2.54. The number of rotatable bonds is 6. The van der Waals surface area contributed by atoms with Crippen LogP contribution >= 0.6 is 0 Å². The predicted octanol–water partition coefficient (Wildman–Crippen LogP) is 2.66. The molecule has 0 aliphatic heterocycles. The summed E-state index contributed by atoms with van der Waals surface area (Å²) in [6, 6.07) is 4.61. The number of nitrogens with one attached hydrogen (secondary N) is 1. The lowest BCUT2D eigenvalue weighted by Gasteiger charge is -2.20. The Labute approximate surface area is 91.8 Å². The van der Waals surface area contributed by atoms with Crippen molar-refractivity contribution >= 4 is 0 Å². The molecule has 0 aliphatic rings. The quantitative estimate of drug-likeness (QED) is 0.785. The molecule has 86 valence electrons. The summed E-state index contributed by atoms with van der Waals surface area (Å²) in [6.45, 7) is 6.92. The fourth-order valence-electron chi connectivity index (χ4n) is 1.48. The number of furan rings is 1. The highest BCUT2D eigenvalue weighted by Gasteiger charge is 2.16. The second-order valence-corrected chi connectivity index (χ2v) is 3.93. The van der Waals surface area contributed by atoms with Crippen LogP contribution in [0.25, 0.3) is 0 Å². The van der Waals surface area contributed by atoms with Gasteiger partial charge in [-0.25, -0.2) is 0 Å². The Morgan fingerprint density at radius 3 is 2.67 bits per heavy atom.